The number of hydrogen-bond acceptors (Lipinski definition) is 7. The molecule has 10 nitrogen and oxygen atoms in total. The number of nitrogens with one attached hydrogen (secondary N) is 1. The van der Waals surface area contributed by atoms with Crippen molar-refractivity contribution in [1.29, 1.82) is 0 Å². The first kappa shape index (κ1) is 19.0. The van der Waals surface area contributed by atoms with Crippen molar-refractivity contribution in [3.05, 3.63) is 57.1 Å². The smallest absolute Gasteiger partial charge is 0.335 e. The maximum absolute atomic E-state index is 12.7. The van der Waals surface area contributed by atoms with E-state index in [1.807, 2.05) is 6.92 Å². The minimum Gasteiger partial charge on any atom is -0.481 e. The summed E-state index contributed by atoms with van der Waals surface area (Å²) >= 11 is 0. The molecule has 144 valence electrons. The van der Waals surface area contributed by atoms with Crippen LogP contribution in [0.1, 0.15) is 27.3 Å². The standard InChI is InChI=1S/C18H18N6O4/c1-9-10(2)19-18(20-15(9)28-4)24-16(25)14(11(3)23-24)22-21-13-7-5-12(6-8-13)17(26)27/h5-8,23H,1-4H3,(H,26,27). The Kier molecular flexibility index (Phi) is 5.03. The SMILES string of the molecule is COc1nc(-n2[nH]c(C)c(N=Nc3ccc(C(=O)O)cc3)c2=O)nc(C)c1C. The van der Waals surface area contributed by atoms with Crippen molar-refractivity contribution in [2.45, 2.75) is 20.8 Å². The Labute approximate surface area is 159 Å². The van der Waals surface area contributed by atoms with Gasteiger partial charge in [-0.3, -0.25) is 9.89 Å². The first-order valence-corrected chi connectivity index (χ1v) is 8.28. The molecule has 0 aliphatic carbocycles. The zero-order valence-electron chi connectivity index (χ0n) is 15.7. The molecule has 0 radical (unpaired) electrons. The largest absolute Gasteiger partial charge is 0.481 e. The van der Waals surface area contributed by atoms with Gasteiger partial charge in [-0.2, -0.15) is 14.8 Å². The molecule has 2 heterocycles. The van der Waals surface area contributed by atoms with Gasteiger partial charge in [0.1, 0.15) is 0 Å². The predicted molar refractivity (Wildman–Crippen MR) is 100 cm³/mol. The average Bonchev–Trinajstić information content (AvgIpc) is 2.96. The van der Waals surface area contributed by atoms with Gasteiger partial charge in [0.2, 0.25) is 5.88 Å². The molecular formula is C18H18N6O4. The molecule has 1 aromatic carbocycles. The molecule has 0 fully saturated rings. The number of aromatic carboxylic acids is 1. The quantitative estimate of drug-likeness (QED) is 0.651. The van der Waals surface area contributed by atoms with Gasteiger partial charge in [-0.1, -0.05) is 0 Å². The van der Waals surface area contributed by atoms with Gasteiger partial charge < -0.3 is 9.84 Å². The summed E-state index contributed by atoms with van der Waals surface area (Å²) in [6.45, 7) is 5.30. The van der Waals surface area contributed by atoms with E-state index in [1.165, 1.54) is 36.1 Å². The fraction of sp³-hybridized carbons (Fsp3) is 0.222. The molecule has 0 saturated carbocycles. The number of carboxylic acids is 1. The second kappa shape index (κ2) is 7.43. The van der Waals surface area contributed by atoms with Crippen LogP contribution in [0.15, 0.2) is 39.3 Å². The van der Waals surface area contributed by atoms with Crippen LogP contribution in [0.3, 0.4) is 0 Å². The van der Waals surface area contributed by atoms with E-state index < -0.39 is 11.5 Å². The number of carboxylic acid groups (broad SMARTS) is 1. The number of aryl methyl sites for hydroxylation is 2. The van der Waals surface area contributed by atoms with Crippen LogP contribution >= 0.6 is 0 Å². The summed E-state index contributed by atoms with van der Waals surface area (Å²) in [6.07, 6.45) is 0. The summed E-state index contributed by atoms with van der Waals surface area (Å²) in [5.41, 5.74) is 2.14. The number of aromatic nitrogens is 4. The van der Waals surface area contributed by atoms with E-state index >= 15 is 0 Å². The minimum absolute atomic E-state index is 0.100. The average molecular weight is 382 g/mol. The summed E-state index contributed by atoms with van der Waals surface area (Å²) in [4.78, 5) is 32.2. The molecule has 0 aliphatic heterocycles. The second-order valence-electron chi connectivity index (χ2n) is 6.02. The molecule has 0 bridgehead atoms. The normalized spacial score (nSPS) is 11.1. The number of aromatic amines is 1. The van der Waals surface area contributed by atoms with Crippen LogP contribution < -0.4 is 10.3 Å². The molecular weight excluding hydrogens is 364 g/mol. The highest BCUT2D eigenvalue weighted by Gasteiger charge is 2.17. The Morgan fingerprint density at radius 3 is 2.43 bits per heavy atom. The van der Waals surface area contributed by atoms with Gasteiger partial charge in [-0.15, -0.1) is 5.11 Å². The van der Waals surface area contributed by atoms with Crippen molar-refractivity contribution in [2.75, 3.05) is 7.11 Å². The summed E-state index contributed by atoms with van der Waals surface area (Å²) in [5.74, 6) is -0.514. The van der Waals surface area contributed by atoms with Crippen molar-refractivity contribution in [2.24, 2.45) is 10.2 Å². The number of methoxy groups -OCH3 is 1. The fourth-order valence-electron chi connectivity index (χ4n) is 2.46. The van der Waals surface area contributed by atoms with Crippen LogP contribution in [0, 0.1) is 20.8 Å². The Balaban J connectivity index is 1.98. The van der Waals surface area contributed by atoms with Gasteiger partial charge >= 0.3 is 11.5 Å². The Morgan fingerprint density at radius 2 is 1.82 bits per heavy atom. The molecule has 0 unspecified atom stereocenters. The zero-order valence-corrected chi connectivity index (χ0v) is 15.7. The highest BCUT2D eigenvalue weighted by Crippen LogP contribution is 2.21. The fourth-order valence-corrected chi connectivity index (χ4v) is 2.46. The lowest BCUT2D eigenvalue weighted by Crippen LogP contribution is -2.18. The summed E-state index contributed by atoms with van der Waals surface area (Å²) in [5, 5.41) is 19.8. The topological polar surface area (TPSA) is 135 Å². The van der Waals surface area contributed by atoms with Crippen LogP contribution in [0.5, 0.6) is 5.88 Å². The van der Waals surface area contributed by atoms with E-state index in [9.17, 15) is 9.59 Å². The van der Waals surface area contributed by atoms with Crippen LogP contribution in [0.2, 0.25) is 0 Å². The second-order valence-corrected chi connectivity index (χ2v) is 6.02. The highest BCUT2D eigenvalue weighted by molar-refractivity contribution is 5.87. The van der Waals surface area contributed by atoms with E-state index in [-0.39, 0.29) is 17.2 Å². The van der Waals surface area contributed by atoms with Crippen molar-refractivity contribution in [3.63, 3.8) is 0 Å². The minimum atomic E-state index is -1.03. The summed E-state index contributed by atoms with van der Waals surface area (Å²) in [6, 6.07) is 5.83. The van der Waals surface area contributed by atoms with Crippen LogP contribution in [-0.4, -0.2) is 37.9 Å². The van der Waals surface area contributed by atoms with Gasteiger partial charge in [0.05, 0.1) is 24.1 Å². The molecule has 0 amide bonds. The Bertz CT molecular complexity index is 1130. The third kappa shape index (κ3) is 3.52. The first-order valence-electron chi connectivity index (χ1n) is 8.28. The molecule has 28 heavy (non-hydrogen) atoms. The maximum atomic E-state index is 12.7. The number of azo groups is 1. The molecule has 2 N–H and O–H groups in total. The van der Waals surface area contributed by atoms with Crippen molar-refractivity contribution < 1.29 is 14.6 Å². The Hall–Kier alpha value is -3.82. The maximum Gasteiger partial charge on any atom is 0.335 e. The lowest BCUT2D eigenvalue weighted by Gasteiger charge is -2.08. The highest BCUT2D eigenvalue weighted by atomic mass is 16.5. The predicted octanol–water partition coefficient (Wildman–Crippen LogP) is 3.00. The number of nitrogens with zero attached hydrogens (tertiary/aromatic N) is 5. The van der Waals surface area contributed by atoms with Crippen LogP contribution in [-0.2, 0) is 0 Å². The van der Waals surface area contributed by atoms with Gasteiger partial charge in [-0.25, -0.2) is 9.78 Å². The molecule has 10 heteroatoms. The third-order valence-electron chi connectivity index (χ3n) is 4.15. The van der Waals surface area contributed by atoms with Crippen LogP contribution in [0.25, 0.3) is 5.95 Å². The van der Waals surface area contributed by atoms with Crippen molar-refractivity contribution >= 4 is 17.3 Å². The summed E-state index contributed by atoms with van der Waals surface area (Å²) in [7, 11) is 1.50. The van der Waals surface area contributed by atoms with E-state index in [1.54, 1.807) is 13.8 Å². The first-order chi connectivity index (χ1) is 13.3. The molecule has 3 aromatic rings. The van der Waals surface area contributed by atoms with E-state index in [0.717, 1.165) is 5.56 Å². The number of H-pyrrole nitrogens is 1. The van der Waals surface area contributed by atoms with Crippen molar-refractivity contribution in [1.82, 2.24) is 19.7 Å². The molecule has 0 saturated heterocycles. The molecule has 2 aromatic heterocycles. The number of hydrogen-bond donors (Lipinski definition) is 2. The molecule has 3 rings (SSSR count). The monoisotopic (exact) mass is 382 g/mol. The zero-order chi connectivity index (χ0) is 20.4. The van der Waals surface area contributed by atoms with E-state index in [4.69, 9.17) is 9.84 Å². The van der Waals surface area contributed by atoms with Gasteiger partial charge in [0, 0.05) is 11.3 Å². The molecule has 0 atom stereocenters. The van der Waals surface area contributed by atoms with Crippen molar-refractivity contribution in [3.8, 4) is 11.8 Å². The number of ether oxygens (including phenoxy) is 1. The van der Waals surface area contributed by atoms with Gasteiger partial charge in [0.25, 0.3) is 5.95 Å². The van der Waals surface area contributed by atoms with E-state index in [2.05, 4.69) is 25.3 Å². The number of rotatable bonds is 5. The lowest BCUT2D eigenvalue weighted by atomic mass is 10.2. The van der Waals surface area contributed by atoms with E-state index in [0.29, 0.717) is 23.0 Å². The third-order valence-corrected chi connectivity index (χ3v) is 4.15. The number of carbonyl (C=O) groups is 1. The number of benzene rings is 1. The van der Waals surface area contributed by atoms with Gasteiger partial charge in [-0.05, 0) is 45.0 Å². The van der Waals surface area contributed by atoms with Gasteiger partial charge in [0.15, 0.2) is 5.69 Å². The van der Waals surface area contributed by atoms with Crippen LogP contribution in [0.4, 0.5) is 11.4 Å². The summed E-state index contributed by atoms with van der Waals surface area (Å²) < 4.78 is 6.41. The lowest BCUT2D eigenvalue weighted by molar-refractivity contribution is 0.0697. The molecule has 0 spiro atoms. The molecule has 0 aliphatic rings. The Morgan fingerprint density at radius 1 is 1.14 bits per heavy atom.